The Bertz CT molecular complexity index is 2970. The highest BCUT2D eigenvalue weighted by molar-refractivity contribution is 6.10. The van der Waals surface area contributed by atoms with Crippen LogP contribution in [0.15, 0.2) is 182 Å². The number of benzene rings is 9. The highest BCUT2D eigenvalue weighted by atomic mass is 16.5. The zero-order valence-corrected chi connectivity index (χ0v) is 30.2. The summed E-state index contributed by atoms with van der Waals surface area (Å²) >= 11 is 0. The summed E-state index contributed by atoms with van der Waals surface area (Å²) in [4.78, 5) is 0. The van der Waals surface area contributed by atoms with Gasteiger partial charge in [-0.3, -0.25) is 0 Å². The molecule has 0 amide bonds. The van der Waals surface area contributed by atoms with Crippen LogP contribution < -0.4 is 4.74 Å². The molecule has 0 fully saturated rings. The van der Waals surface area contributed by atoms with Crippen molar-refractivity contribution in [3.8, 4) is 78.3 Å². The van der Waals surface area contributed by atoms with Crippen molar-refractivity contribution in [3.63, 3.8) is 0 Å². The summed E-state index contributed by atoms with van der Waals surface area (Å²) in [6.07, 6.45) is 0. The zero-order valence-electron chi connectivity index (χ0n) is 30.2. The van der Waals surface area contributed by atoms with Gasteiger partial charge in [-0.15, -0.1) is 0 Å². The van der Waals surface area contributed by atoms with E-state index in [4.69, 9.17) is 4.74 Å². The third-order valence-electron chi connectivity index (χ3n) is 11.9. The van der Waals surface area contributed by atoms with Crippen LogP contribution in [0.5, 0.6) is 11.5 Å². The summed E-state index contributed by atoms with van der Waals surface area (Å²) in [6.45, 7) is 4.75. The lowest BCUT2D eigenvalue weighted by atomic mass is 9.81. The smallest absolute Gasteiger partial charge is 0.135 e. The second-order valence-corrected chi connectivity index (χ2v) is 15.3. The SMILES string of the molecule is CC1(C)c2cc(-c3cc(-c4ccccc4)cc(-c4ccc5c6c(cccc46)-c4ccc(-c6ccccc6)cc4O5)c3)ccc2-c2c1ccc1ccccc21. The molecule has 1 heteroatoms. The van der Waals surface area contributed by atoms with Crippen molar-refractivity contribution >= 4 is 21.5 Å². The number of hydrogen-bond donors (Lipinski definition) is 0. The van der Waals surface area contributed by atoms with Gasteiger partial charge in [-0.2, -0.15) is 0 Å². The van der Waals surface area contributed by atoms with E-state index in [1.807, 2.05) is 0 Å². The summed E-state index contributed by atoms with van der Waals surface area (Å²) in [6, 6.07) is 66.6. The van der Waals surface area contributed by atoms with Crippen LogP contribution in [-0.4, -0.2) is 0 Å². The third-order valence-corrected chi connectivity index (χ3v) is 11.9. The van der Waals surface area contributed by atoms with Gasteiger partial charge in [0, 0.05) is 16.4 Å². The molecule has 254 valence electrons. The molecule has 9 aromatic rings. The van der Waals surface area contributed by atoms with E-state index >= 15 is 0 Å². The van der Waals surface area contributed by atoms with Crippen LogP contribution in [0.4, 0.5) is 0 Å². The number of ether oxygens (including phenoxy) is 1. The van der Waals surface area contributed by atoms with Crippen molar-refractivity contribution in [2.24, 2.45) is 0 Å². The van der Waals surface area contributed by atoms with E-state index in [-0.39, 0.29) is 5.41 Å². The number of hydrogen-bond acceptors (Lipinski definition) is 1. The normalized spacial score (nSPS) is 13.3. The first-order valence-corrected chi connectivity index (χ1v) is 18.8. The summed E-state index contributed by atoms with van der Waals surface area (Å²) < 4.78 is 6.70. The minimum absolute atomic E-state index is 0.112. The van der Waals surface area contributed by atoms with Crippen LogP contribution in [0.2, 0.25) is 0 Å². The Morgan fingerprint density at radius 2 is 0.981 bits per heavy atom. The Morgan fingerprint density at radius 3 is 1.78 bits per heavy atom. The second kappa shape index (κ2) is 11.7. The quantitative estimate of drug-likeness (QED) is 0.179. The molecule has 1 nitrogen and oxygen atoms in total. The topological polar surface area (TPSA) is 9.23 Å². The molecule has 54 heavy (non-hydrogen) atoms. The van der Waals surface area contributed by atoms with E-state index in [0.717, 1.165) is 28.0 Å². The van der Waals surface area contributed by atoms with Crippen LogP contribution in [0.3, 0.4) is 0 Å². The van der Waals surface area contributed by atoms with Gasteiger partial charge in [0.25, 0.3) is 0 Å². The predicted octanol–water partition coefficient (Wildman–Crippen LogP) is 14.7. The van der Waals surface area contributed by atoms with E-state index in [1.165, 1.54) is 82.9 Å². The highest BCUT2D eigenvalue weighted by Crippen LogP contribution is 2.53. The first-order chi connectivity index (χ1) is 26.5. The van der Waals surface area contributed by atoms with Crippen molar-refractivity contribution in [3.05, 3.63) is 193 Å². The summed E-state index contributed by atoms with van der Waals surface area (Å²) in [5.74, 6) is 1.79. The van der Waals surface area contributed by atoms with Gasteiger partial charge >= 0.3 is 0 Å². The Balaban J connectivity index is 1.08. The molecule has 0 N–H and O–H groups in total. The molecule has 0 bridgehead atoms. The monoisotopic (exact) mass is 688 g/mol. The average molecular weight is 689 g/mol. The molecule has 0 aromatic heterocycles. The third kappa shape index (κ3) is 4.65. The van der Waals surface area contributed by atoms with Crippen molar-refractivity contribution in [1.29, 1.82) is 0 Å². The number of rotatable bonds is 4. The molecule has 1 aliphatic heterocycles. The molecular weight excluding hydrogens is 653 g/mol. The lowest BCUT2D eigenvalue weighted by molar-refractivity contribution is 0.487. The number of fused-ring (bicyclic) bond motifs is 7. The fraction of sp³-hybridized carbons (Fsp3) is 0.0566. The Morgan fingerprint density at radius 1 is 0.352 bits per heavy atom. The molecule has 11 rings (SSSR count). The van der Waals surface area contributed by atoms with E-state index in [9.17, 15) is 0 Å². The van der Waals surface area contributed by atoms with E-state index < -0.39 is 0 Å². The first-order valence-electron chi connectivity index (χ1n) is 18.8. The van der Waals surface area contributed by atoms with Gasteiger partial charge in [0.2, 0.25) is 0 Å². The maximum absolute atomic E-state index is 6.70. The molecule has 1 heterocycles. The first kappa shape index (κ1) is 30.9. The van der Waals surface area contributed by atoms with Crippen molar-refractivity contribution in [2.75, 3.05) is 0 Å². The Kier molecular flexibility index (Phi) is 6.66. The molecule has 0 spiro atoms. The standard InChI is InChI=1S/C53H36O/c1-53(2)47-26-22-35-16-9-10-17-42(35)51(47)46-24-21-36(31-48(46)53)39-28-38(34-14-7-4-8-15-34)29-40(30-39)41-25-27-49-52-44(41)18-11-19-45(52)43-23-20-37(32-50(43)54-49)33-12-5-3-6-13-33/h3-32H,1-2H3. The lowest BCUT2D eigenvalue weighted by Crippen LogP contribution is -2.15. The van der Waals surface area contributed by atoms with Crippen molar-refractivity contribution in [2.45, 2.75) is 19.3 Å². The maximum atomic E-state index is 6.70. The summed E-state index contributed by atoms with van der Waals surface area (Å²) in [5, 5.41) is 4.97. The molecule has 9 aromatic carbocycles. The summed E-state index contributed by atoms with van der Waals surface area (Å²) in [5.41, 5.74) is 17.3. The summed E-state index contributed by atoms with van der Waals surface area (Å²) in [7, 11) is 0. The van der Waals surface area contributed by atoms with Gasteiger partial charge in [-0.05, 0) is 131 Å². The predicted molar refractivity (Wildman–Crippen MR) is 226 cm³/mol. The van der Waals surface area contributed by atoms with Gasteiger partial charge in [0.1, 0.15) is 11.5 Å². The lowest BCUT2D eigenvalue weighted by Gasteiger charge is -2.24. The van der Waals surface area contributed by atoms with E-state index in [0.29, 0.717) is 0 Å². The fourth-order valence-corrected chi connectivity index (χ4v) is 9.13. The van der Waals surface area contributed by atoms with Gasteiger partial charge < -0.3 is 4.74 Å². The van der Waals surface area contributed by atoms with Crippen molar-refractivity contribution < 1.29 is 4.74 Å². The molecule has 0 saturated carbocycles. The van der Waals surface area contributed by atoms with Gasteiger partial charge in [0.05, 0.1) is 0 Å². The molecule has 0 radical (unpaired) electrons. The van der Waals surface area contributed by atoms with Crippen molar-refractivity contribution in [1.82, 2.24) is 0 Å². The van der Waals surface area contributed by atoms with E-state index in [1.54, 1.807) is 0 Å². The molecule has 1 aliphatic carbocycles. The van der Waals surface area contributed by atoms with Crippen LogP contribution in [0.1, 0.15) is 25.0 Å². The van der Waals surface area contributed by atoms with Crippen LogP contribution in [0.25, 0.3) is 88.3 Å². The van der Waals surface area contributed by atoms with Gasteiger partial charge in [0.15, 0.2) is 0 Å². The van der Waals surface area contributed by atoms with Gasteiger partial charge in [-0.1, -0.05) is 153 Å². The van der Waals surface area contributed by atoms with Crippen LogP contribution in [0, 0.1) is 0 Å². The average Bonchev–Trinajstić information content (AvgIpc) is 3.47. The Labute approximate surface area is 315 Å². The minimum Gasteiger partial charge on any atom is -0.456 e. The molecule has 0 saturated heterocycles. The Hall–Kier alpha value is -6.70. The van der Waals surface area contributed by atoms with E-state index in [2.05, 4.69) is 196 Å². The van der Waals surface area contributed by atoms with Crippen LogP contribution in [-0.2, 0) is 5.41 Å². The molecule has 2 aliphatic rings. The van der Waals surface area contributed by atoms with Crippen LogP contribution >= 0.6 is 0 Å². The molecule has 0 atom stereocenters. The molecule has 0 unspecified atom stereocenters. The van der Waals surface area contributed by atoms with Gasteiger partial charge in [-0.25, -0.2) is 0 Å². The largest absolute Gasteiger partial charge is 0.456 e. The highest BCUT2D eigenvalue weighted by Gasteiger charge is 2.36. The fourth-order valence-electron chi connectivity index (χ4n) is 9.13. The zero-order chi connectivity index (χ0) is 36.0. The molecular formula is C53H36O. The minimum atomic E-state index is -0.112. The second-order valence-electron chi connectivity index (χ2n) is 15.3. The maximum Gasteiger partial charge on any atom is 0.135 e.